The molecular weight excluding hydrogens is 328 g/mol. The second-order valence-corrected chi connectivity index (χ2v) is 6.64. The number of rotatable bonds is 4. The summed E-state index contributed by atoms with van der Waals surface area (Å²) in [4.78, 5) is 27.1. The maximum atomic E-state index is 12.6. The molecule has 1 aromatic heterocycles. The molecule has 6 heteroatoms. The number of halogens is 1. The van der Waals surface area contributed by atoms with Crippen LogP contribution in [0.15, 0.2) is 15.9 Å². The van der Waals surface area contributed by atoms with E-state index >= 15 is 0 Å². The van der Waals surface area contributed by atoms with Gasteiger partial charge < -0.3 is 10.2 Å². The Morgan fingerprint density at radius 1 is 1.42 bits per heavy atom. The van der Waals surface area contributed by atoms with Crippen molar-refractivity contribution in [2.24, 2.45) is 0 Å². The van der Waals surface area contributed by atoms with E-state index in [1.54, 1.807) is 16.2 Å². The van der Waals surface area contributed by atoms with Gasteiger partial charge in [0.2, 0.25) is 11.8 Å². The van der Waals surface area contributed by atoms with Crippen LogP contribution in [-0.2, 0) is 16.1 Å². The first-order valence-electron chi connectivity index (χ1n) is 6.34. The van der Waals surface area contributed by atoms with Crippen molar-refractivity contribution < 1.29 is 9.59 Å². The molecule has 4 nitrogen and oxygen atoms in total. The van der Waals surface area contributed by atoms with Crippen LogP contribution >= 0.6 is 27.3 Å². The number of carbonyl (C=O) groups excluding carboxylic acids is 2. The maximum Gasteiger partial charge on any atom is 0.249 e. The van der Waals surface area contributed by atoms with Gasteiger partial charge in [-0.1, -0.05) is 13.8 Å². The van der Waals surface area contributed by atoms with Crippen molar-refractivity contribution in [2.45, 2.75) is 38.8 Å². The van der Waals surface area contributed by atoms with Gasteiger partial charge in [-0.15, -0.1) is 11.3 Å². The lowest BCUT2D eigenvalue weighted by Crippen LogP contribution is -2.65. The van der Waals surface area contributed by atoms with Crippen molar-refractivity contribution in [3.8, 4) is 0 Å². The van der Waals surface area contributed by atoms with Gasteiger partial charge in [0.25, 0.3) is 0 Å². The van der Waals surface area contributed by atoms with Gasteiger partial charge in [0.1, 0.15) is 12.1 Å². The summed E-state index contributed by atoms with van der Waals surface area (Å²) in [5.74, 6) is -0.0412. The molecule has 1 fully saturated rings. The van der Waals surface area contributed by atoms with Crippen molar-refractivity contribution in [3.63, 3.8) is 0 Å². The Bertz CT molecular complexity index is 497. The Labute approximate surface area is 125 Å². The van der Waals surface area contributed by atoms with Crippen LogP contribution in [-0.4, -0.2) is 28.8 Å². The van der Waals surface area contributed by atoms with Gasteiger partial charge in [-0.2, -0.15) is 0 Å². The van der Waals surface area contributed by atoms with Crippen LogP contribution in [0.4, 0.5) is 0 Å². The van der Waals surface area contributed by atoms with E-state index in [0.29, 0.717) is 19.4 Å². The average Bonchev–Trinajstić information content (AvgIpc) is 2.79. The molecule has 1 aliphatic heterocycles. The van der Waals surface area contributed by atoms with E-state index in [9.17, 15) is 9.59 Å². The van der Waals surface area contributed by atoms with E-state index in [2.05, 4.69) is 21.2 Å². The highest BCUT2D eigenvalue weighted by Crippen LogP contribution is 2.26. The van der Waals surface area contributed by atoms with Gasteiger partial charge in [0.05, 0.1) is 6.54 Å². The fourth-order valence-electron chi connectivity index (χ4n) is 2.39. The summed E-state index contributed by atoms with van der Waals surface area (Å²) in [5, 5.41) is 4.85. The molecule has 0 unspecified atom stereocenters. The standard InChI is InChI=1S/C13H17BrN2O2S/c1-3-13(4-2)12(18)16(7-11(17)15-13)6-10-5-9(14)8-19-10/h5,8H,3-4,6-7H2,1-2H3,(H,15,17). The van der Waals surface area contributed by atoms with Gasteiger partial charge in [0, 0.05) is 14.7 Å². The van der Waals surface area contributed by atoms with Crippen LogP contribution in [0.1, 0.15) is 31.6 Å². The molecule has 1 aromatic rings. The van der Waals surface area contributed by atoms with Crippen molar-refractivity contribution in [1.82, 2.24) is 10.2 Å². The molecule has 2 rings (SSSR count). The predicted octanol–water partition coefficient (Wildman–Crippen LogP) is 2.53. The second kappa shape index (κ2) is 5.63. The van der Waals surface area contributed by atoms with Crippen LogP contribution in [0.3, 0.4) is 0 Å². The van der Waals surface area contributed by atoms with Gasteiger partial charge in [-0.3, -0.25) is 9.59 Å². The zero-order valence-corrected chi connectivity index (χ0v) is 13.4. The molecule has 0 atom stereocenters. The largest absolute Gasteiger partial charge is 0.340 e. The molecule has 0 bridgehead atoms. The number of piperazine rings is 1. The van der Waals surface area contributed by atoms with Gasteiger partial charge in [-0.05, 0) is 34.8 Å². The summed E-state index contributed by atoms with van der Waals surface area (Å²) in [5.41, 5.74) is -0.718. The van der Waals surface area contributed by atoms with Crippen LogP contribution < -0.4 is 5.32 Å². The molecule has 1 saturated heterocycles. The van der Waals surface area contributed by atoms with E-state index < -0.39 is 5.54 Å². The minimum absolute atomic E-state index is 0.0293. The number of nitrogens with zero attached hydrogens (tertiary/aromatic N) is 1. The zero-order chi connectivity index (χ0) is 14.0. The molecule has 104 valence electrons. The number of hydrogen-bond acceptors (Lipinski definition) is 3. The summed E-state index contributed by atoms with van der Waals surface area (Å²) in [6, 6.07) is 1.99. The van der Waals surface area contributed by atoms with Gasteiger partial charge >= 0.3 is 0 Å². The Morgan fingerprint density at radius 3 is 2.63 bits per heavy atom. The van der Waals surface area contributed by atoms with Crippen LogP contribution in [0.5, 0.6) is 0 Å². The lowest BCUT2D eigenvalue weighted by Gasteiger charge is -2.41. The minimum Gasteiger partial charge on any atom is -0.340 e. The topological polar surface area (TPSA) is 49.4 Å². The molecule has 2 amide bonds. The fourth-order valence-corrected chi connectivity index (χ4v) is 3.86. The molecule has 0 aromatic carbocycles. The van der Waals surface area contributed by atoms with Gasteiger partial charge in [0.15, 0.2) is 0 Å². The van der Waals surface area contributed by atoms with Crippen molar-refractivity contribution in [1.29, 1.82) is 0 Å². The summed E-state index contributed by atoms with van der Waals surface area (Å²) in [7, 11) is 0. The fraction of sp³-hybridized carbons (Fsp3) is 0.538. The van der Waals surface area contributed by atoms with E-state index in [-0.39, 0.29) is 18.4 Å². The number of thiophene rings is 1. The first-order chi connectivity index (χ1) is 9.00. The number of nitrogens with one attached hydrogen (secondary N) is 1. The third-order valence-corrected chi connectivity index (χ3v) is 5.27. The Balaban J connectivity index is 2.20. The third kappa shape index (κ3) is 2.84. The highest BCUT2D eigenvalue weighted by molar-refractivity contribution is 9.10. The van der Waals surface area contributed by atoms with Crippen molar-refractivity contribution in [3.05, 3.63) is 20.8 Å². The predicted molar refractivity (Wildman–Crippen MR) is 78.9 cm³/mol. The van der Waals surface area contributed by atoms with E-state index in [0.717, 1.165) is 9.35 Å². The van der Waals surface area contributed by atoms with E-state index in [1.165, 1.54) is 0 Å². The first-order valence-corrected chi connectivity index (χ1v) is 8.01. The third-order valence-electron chi connectivity index (χ3n) is 3.59. The molecule has 2 heterocycles. The van der Waals surface area contributed by atoms with Crippen molar-refractivity contribution in [2.75, 3.05) is 6.54 Å². The number of hydrogen-bond donors (Lipinski definition) is 1. The quantitative estimate of drug-likeness (QED) is 0.912. The van der Waals surface area contributed by atoms with Crippen molar-refractivity contribution >= 4 is 39.1 Å². The molecule has 0 saturated carbocycles. The molecule has 0 radical (unpaired) electrons. The molecule has 1 aliphatic rings. The molecule has 0 aliphatic carbocycles. The van der Waals surface area contributed by atoms with Crippen LogP contribution in [0, 0.1) is 0 Å². The van der Waals surface area contributed by atoms with Crippen LogP contribution in [0.25, 0.3) is 0 Å². The zero-order valence-electron chi connectivity index (χ0n) is 11.0. The lowest BCUT2D eigenvalue weighted by atomic mass is 9.89. The first kappa shape index (κ1) is 14.5. The molecule has 0 spiro atoms. The Kier molecular flexibility index (Phi) is 4.30. The SMILES string of the molecule is CCC1(CC)NC(=O)CN(Cc2cc(Br)cs2)C1=O. The maximum absolute atomic E-state index is 12.6. The molecular formula is C13H17BrN2O2S. The smallest absolute Gasteiger partial charge is 0.249 e. The Hall–Kier alpha value is -0.880. The normalized spacial score (nSPS) is 18.6. The minimum atomic E-state index is -0.718. The highest BCUT2D eigenvalue weighted by atomic mass is 79.9. The highest BCUT2D eigenvalue weighted by Gasteiger charge is 2.43. The average molecular weight is 345 g/mol. The second-order valence-electron chi connectivity index (χ2n) is 4.73. The lowest BCUT2D eigenvalue weighted by molar-refractivity contribution is -0.150. The summed E-state index contributed by atoms with van der Waals surface area (Å²) in [6.45, 7) is 4.53. The summed E-state index contributed by atoms with van der Waals surface area (Å²) in [6.07, 6.45) is 1.25. The summed E-state index contributed by atoms with van der Waals surface area (Å²) >= 11 is 4.99. The van der Waals surface area contributed by atoms with E-state index in [4.69, 9.17) is 0 Å². The number of carbonyl (C=O) groups is 2. The molecule has 1 N–H and O–H groups in total. The summed E-state index contributed by atoms with van der Waals surface area (Å²) < 4.78 is 1.01. The molecule has 19 heavy (non-hydrogen) atoms. The van der Waals surface area contributed by atoms with E-state index in [1.807, 2.05) is 25.3 Å². The van der Waals surface area contributed by atoms with Gasteiger partial charge in [-0.25, -0.2) is 0 Å². The monoisotopic (exact) mass is 344 g/mol. The Morgan fingerprint density at radius 2 is 2.11 bits per heavy atom. The van der Waals surface area contributed by atoms with Crippen LogP contribution in [0.2, 0.25) is 0 Å². The number of amides is 2.